The molecule has 0 fully saturated rings. The minimum atomic E-state index is -1.12. The van der Waals surface area contributed by atoms with Gasteiger partial charge in [0.05, 0.1) is 6.61 Å². The minimum absolute atomic E-state index is 0.351. The lowest BCUT2D eigenvalue weighted by atomic mass is 10.4. The van der Waals surface area contributed by atoms with Gasteiger partial charge in [-0.2, -0.15) is 10.0 Å². The molecule has 0 saturated carbocycles. The maximum atomic E-state index is 11.1. The van der Waals surface area contributed by atoms with E-state index in [0.717, 1.165) is 12.2 Å². The van der Waals surface area contributed by atoms with Crippen LogP contribution in [-0.2, 0) is 9.53 Å². The van der Waals surface area contributed by atoms with Crippen LogP contribution in [-0.4, -0.2) is 24.6 Å². The van der Waals surface area contributed by atoms with Crippen molar-refractivity contribution >= 4 is 16.0 Å². The molecule has 2 aromatic carbocycles. The van der Waals surface area contributed by atoms with Gasteiger partial charge < -0.3 is 4.74 Å². The van der Waals surface area contributed by atoms with Gasteiger partial charge >= 0.3 is 5.97 Å². The van der Waals surface area contributed by atoms with Crippen molar-refractivity contribution < 1.29 is 9.53 Å². The SMILES string of the molecule is C=CC(=O)OCCCS(C)(c1ccccc1)c1ccccc1. The lowest BCUT2D eigenvalue weighted by molar-refractivity contribution is -0.137. The predicted octanol–water partition coefficient (Wildman–Crippen LogP) is 4.66. The Morgan fingerprint density at radius 3 is 2.00 bits per heavy atom. The molecular weight excluding hydrogens is 292 g/mol. The molecule has 0 heterocycles. The van der Waals surface area contributed by atoms with Crippen LogP contribution in [0.4, 0.5) is 0 Å². The number of hydrogen-bond acceptors (Lipinski definition) is 2. The molecule has 2 aromatic rings. The zero-order chi connectivity index (χ0) is 15.8. The number of rotatable bonds is 7. The Morgan fingerprint density at radius 1 is 1.05 bits per heavy atom. The smallest absolute Gasteiger partial charge is 0.330 e. The second kappa shape index (κ2) is 7.85. The topological polar surface area (TPSA) is 26.3 Å². The summed E-state index contributed by atoms with van der Waals surface area (Å²) in [5.41, 5.74) is 0. The Morgan fingerprint density at radius 2 is 1.55 bits per heavy atom. The highest BCUT2D eigenvalue weighted by Gasteiger charge is 2.22. The first-order valence-corrected chi connectivity index (χ1v) is 9.53. The molecule has 22 heavy (non-hydrogen) atoms. The Hall–Kier alpha value is -2.00. The first-order valence-electron chi connectivity index (χ1n) is 7.32. The van der Waals surface area contributed by atoms with E-state index < -0.39 is 10.0 Å². The van der Waals surface area contributed by atoms with Gasteiger partial charge in [-0.3, -0.25) is 0 Å². The van der Waals surface area contributed by atoms with Crippen LogP contribution in [0.15, 0.2) is 83.1 Å². The van der Waals surface area contributed by atoms with Gasteiger partial charge in [-0.15, -0.1) is 0 Å². The monoisotopic (exact) mass is 314 g/mol. The number of carbonyl (C=O) groups excluding carboxylic acids is 1. The molecule has 0 radical (unpaired) electrons. The first kappa shape index (κ1) is 16.4. The normalized spacial score (nSPS) is 11.7. The van der Waals surface area contributed by atoms with Crippen LogP contribution >= 0.6 is 10.0 Å². The average molecular weight is 314 g/mol. The third-order valence-electron chi connectivity index (χ3n) is 3.63. The molecule has 0 bridgehead atoms. The van der Waals surface area contributed by atoms with Crippen LogP contribution in [0, 0.1) is 0 Å². The van der Waals surface area contributed by atoms with E-state index in [1.54, 1.807) is 0 Å². The van der Waals surface area contributed by atoms with Crippen LogP contribution < -0.4 is 0 Å². The number of benzene rings is 2. The number of hydrogen-bond donors (Lipinski definition) is 0. The minimum Gasteiger partial charge on any atom is -0.463 e. The maximum absolute atomic E-state index is 11.1. The molecule has 0 aliphatic carbocycles. The van der Waals surface area contributed by atoms with Crippen LogP contribution in [0.1, 0.15) is 6.42 Å². The fourth-order valence-corrected chi connectivity index (χ4v) is 5.35. The lowest BCUT2D eigenvalue weighted by Gasteiger charge is -2.37. The average Bonchev–Trinajstić information content (AvgIpc) is 2.59. The van der Waals surface area contributed by atoms with E-state index >= 15 is 0 Å². The lowest BCUT2D eigenvalue weighted by Crippen LogP contribution is -2.09. The molecule has 0 aliphatic heterocycles. The van der Waals surface area contributed by atoms with Gasteiger partial charge in [0, 0.05) is 6.08 Å². The van der Waals surface area contributed by atoms with E-state index in [1.165, 1.54) is 15.9 Å². The van der Waals surface area contributed by atoms with Gasteiger partial charge in [-0.25, -0.2) is 4.79 Å². The summed E-state index contributed by atoms with van der Waals surface area (Å²) in [6.07, 6.45) is 4.38. The van der Waals surface area contributed by atoms with Crippen molar-refractivity contribution in [2.75, 3.05) is 18.6 Å². The van der Waals surface area contributed by atoms with Crippen molar-refractivity contribution in [2.24, 2.45) is 0 Å². The van der Waals surface area contributed by atoms with Crippen molar-refractivity contribution in [1.82, 2.24) is 0 Å². The molecule has 0 amide bonds. The van der Waals surface area contributed by atoms with Gasteiger partial charge in [-0.05, 0) is 52.5 Å². The largest absolute Gasteiger partial charge is 0.463 e. The molecule has 116 valence electrons. The highest BCUT2D eigenvalue weighted by Crippen LogP contribution is 2.59. The Bertz CT molecular complexity index is 568. The summed E-state index contributed by atoms with van der Waals surface area (Å²) in [4.78, 5) is 13.9. The Labute approximate surface area is 134 Å². The molecule has 0 atom stereocenters. The molecule has 0 aromatic heterocycles. The summed E-state index contributed by atoms with van der Waals surface area (Å²) < 4.78 is 5.11. The third kappa shape index (κ3) is 4.01. The van der Waals surface area contributed by atoms with E-state index in [2.05, 4.69) is 61.4 Å². The number of carbonyl (C=O) groups is 1. The summed E-state index contributed by atoms with van der Waals surface area (Å²) in [7, 11) is -1.12. The van der Waals surface area contributed by atoms with Gasteiger partial charge in [0.15, 0.2) is 0 Å². The quantitative estimate of drug-likeness (QED) is 0.422. The number of esters is 1. The highest BCUT2D eigenvalue weighted by atomic mass is 32.3. The van der Waals surface area contributed by atoms with Crippen molar-refractivity contribution in [3.05, 3.63) is 73.3 Å². The zero-order valence-electron chi connectivity index (χ0n) is 12.9. The second-order valence-electron chi connectivity index (χ2n) is 5.14. The zero-order valence-corrected chi connectivity index (χ0v) is 13.7. The van der Waals surface area contributed by atoms with Crippen LogP contribution in [0.3, 0.4) is 0 Å². The van der Waals surface area contributed by atoms with Crippen molar-refractivity contribution in [2.45, 2.75) is 16.2 Å². The van der Waals surface area contributed by atoms with Crippen LogP contribution in [0.2, 0.25) is 0 Å². The Balaban J connectivity index is 2.16. The summed E-state index contributed by atoms with van der Waals surface area (Å²) in [6, 6.07) is 21.2. The molecule has 0 spiro atoms. The van der Waals surface area contributed by atoms with E-state index in [4.69, 9.17) is 4.74 Å². The van der Waals surface area contributed by atoms with E-state index in [0.29, 0.717) is 6.61 Å². The summed E-state index contributed by atoms with van der Waals surface area (Å²) >= 11 is 0. The van der Waals surface area contributed by atoms with Gasteiger partial charge in [0.2, 0.25) is 0 Å². The molecule has 3 heteroatoms. The van der Waals surface area contributed by atoms with Crippen molar-refractivity contribution in [1.29, 1.82) is 0 Å². The molecule has 0 unspecified atom stereocenters. The molecule has 0 N–H and O–H groups in total. The summed E-state index contributed by atoms with van der Waals surface area (Å²) in [5.74, 6) is 0.641. The molecule has 2 rings (SSSR count). The third-order valence-corrected chi connectivity index (χ3v) is 7.37. The van der Waals surface area contributed by atoms with Gasteiger partial charge in [0.25, 0.3) is 0 Å². The Kier molecular flexibility index (Phi) is 5.84. The van der Waals surface area contributed by atoms with E-state index in [-0.39, 0.29) is 5.97 Å². The maximum Gasteiger partial charge on any atom is 0.330 e. The fraction of sp³-hybridized carbons (Fsp3) is 0.211. The first-order chi connectivity index (χ1) is 10.7. The predicted molar refractivity (Wildman–Crippen MR) is 93.6 cm³/mol. The molecule has 0 saturated heterocycles. The van der Waals surface area contributed by atoms with Gasteiger partial charge in [-0.1, -0.05) is 43.0 Å². The summed E-state index contributed by atoms with van der Waals surface area (Å²) in [5, 5.41) is 0. The molecular formula is C19H22O2S. The van der Waals surface area contributed by atoms with Crippen molar-refractivity contribution in [3.63, 3.8) is 0 Å². The fourth-order valence-electron chi connectivity index (χ4n) is 2.39. The van der Waals surface area contributed by atoms with Crippen molar-refractivity contribution in [3.8, 4) is 0 Å². The molecule has 0 aliphatic rings. The molecule has 2 nitrogen and oxygen atoms in total. The highest BCUT2D eigenvalue weighted by molar-refractivity contribution is 8.33. The standard InChI is InChI=1S/C19H22O2S/c1-3-19(20)21-15-10-16-22(2,17-11-6-4-7-12-17)18-13-8-5-9-14-18/h3-9,11-14H,1,10,15-16H2,2H3. The van der Waals surface area contributed by atoms with E-state index in [9.17, 15) is 4.79 Å². The summed E-state index contributed by atoms with van der Waals surface area (Å²) in [6.45, 7) is 3.85. The number of ether oxygens (including phenoxy) is 1. The van der Waals surface area contributed by atoms with E-state index in [1.807, 2.05) is 12.1 Å². The van der Waals surface area contributed by atoms with Crippen LogP contribution in [0.5, 0.6) is 0 Å². The second-order valence-corrected chi connectivity index (χ2v) is 8.67. The van der Waals surface area contributed by atoms with Crippen LogP contribution in [0.25, 0.3) is 0 Å². The van der Waals surface area contributed by atoms with Gasteiger partial charge in [0.1, 0.15) is 0 Å².